The van der Waals surface area contributed by atoms with Gasteiger partial charge in [0.2, 0.25) is 0 Å². The molecule has 0 aliphatic rings. The minimum Gasteiger partial charge on any atom is -0.307 e. The number of phosphoric acid groups is 1. The van der Waals surface area contributed by atoms with E-state index in [9.17, 15) is 0 Å². The van der Waals surface area contributed by atoms with Crippen LogP contribution >= 0.6 is 7.82 Å². The maximum atomic E-state index is 8.88. The summed E-state index contributed by atoms with van der Waals surface area (Å²) in [6.45, 7) is 4.57. The Morgan fingerprint density at radius 2 is 1.47 bits per heavy atom. The molecule has 0 radical (unpaired) electrons. The van der Waals surface area contributed by atoms with Gasteiger partial charge < -0.3 is 19.6 Å². The molecule has 1 atom stereocenters. The first-order valence-electron chi connectivity index (χ1n) is 6.13. The van der Waals surface area contributed by atoms with Crippen molar-refractivity contribution < 1.29 is 19.2 Å². The standard InChI is InChI=1S/C11H25N.H3O4P/c1-5-6-7-8-9-10-11(2)12(3)4;1-5(2,3)4/h11H,5-10H2,1-4H3;(H3,1,2,3,4). The second-order valence-electron chi connectivity index (χ2n) is 4.53. The molecule has 0 spiro atoms. The van der Waals surface area contributed by atoms with E-state index in [1.54, 1.807) is 0 Å². The highest BCUT2D eigenvalue weighted by atomic mass is 31.2. The molecule has 0 aromatic heterocycles. The molecule has 0 saturated carbocycles. The third kappa shape index (κ3) is 26.0. The molecule has 0 rings (SSSR count). The lowest BCUT2D eigenvalue weighted by Crippen LogP contribution is -2.24. The molecule has 0 heterocycles. The van der Waals surface area contributed by atoms with Gasteiger partial charge in [0.15, 0.2) is 0 Å². The van der Waals surface area contributed by atoms with Crippen molar-refractivity contribution in [2.24, 2.45) is 0 Å². The van der Waals surface area contributed by atoms with Gasteiger partial charge in [0.25, 0.3) is 0 Å². The zero-order valence-electron chi connectivity index (χ0n) is 11.5. The van der Waals surface area contributed by atoms with E-state index in [4.69, 9.17) is 19.2 Å². The van der Waals surface area contributed by atoms with E-state index >= 15 is 0 Å². The van der Waals surface area contributed by atoms with Crippen molar-refractivity contribution in [2.75, 3.05) is 14.1 Å². The van der Waals surface area contributed by atoms with Crippen molar-refractivity contribution in [1.82, 2.24) is 4.90 Å². The number of rotatable bonds is 7. The van der Waals surface area contributed by atoms with E-state index in [2.05, 4.69) is 32.8 Å². The summed E-state index contributed by atoms with van der Waals surface area (Å²) in [5, 5.41) is 0. The van der Waals surface area contributed by atoms with Crippen molar-refractivity contribution in [3.8, 4) is 0 Å². The van der Waals surface area contributed by atoms with E-state index in [0.717, 1.165) is 6.04 Å². The fourth-order valence-electron chi connectivity index (χ4n) is 1.30. The van der Waals surface area contributed by atoms with Crippen molar-refractivity contribution in [1.29, 1.82) is 0 Å². The van der Waals surface area contributed by atoms with Crippen molar-refractivity contribution >= 4 is 7.82 Å². The Bertz CT molecular complexity index is 197. The van der Waals surface area contributed by atoms with Crippen LogP contribution < -0.4 is 0 Å². The lowest BCUT2D eigenvalue weighted by atomic mass is 10.1. The Kier molecular flexibility index (Phi) is 12.8. The Labute approximate surface area is 105 Å². The zero-order chi connectivity index (χ0) is 13.9. The molecule has 0 aliphatic heterocycles. The van der Waals surface area contributed by atoms with Crippen molar-refractivity contribution in [2.45, 2.75) is 58.4 Å². The number of hydrogen-bond acceptors (Lipinski definition) is 2. The molecule has 3 N–H and O–H groups in total. The summed E-state index contributed by atoms with van der Waals surface area (Å²) in [7, 11) is -0.312. The molecule has 17 heavy (non-hydrogen) atoms. The summed E-state index contributed by atoms with van der Waals surface area (Å²) >= 11 is 0. The highest BCUT2D eigenvalue weighted by Gasteiger charge is 2.02. The minimum absolute atomic E-state index is 0.756. The van der Waals surface area contributed by atoms with Gasteiger partial charge in [0.1, 0.15) is 0 Å². The van der Waals surface area contributed by atoms with Crippen LogP contribution in [-0.4, -0.2) is 39.7 Å². The zero-order valence-corrected chi connectivity index (χ0v) is 12.4. The van der Waals surface area contributed by atoms with Gasteiger partial charge >= 0.3 is 7.82 Å². The number of unbranched alkanes of at least 4 members (excludes halogenated alkanes) is 4. The van der Waals surface area contributed by atoms with Crippen LogP contribution in [0.25, 0.3) is 0 Å². The van der Waals surface area contributed by atoms with Crippen LogP contribution in [0.3, 0.4) is 0 Å². The summed E-state index contributed by atoms with van der Waals surface area (Å²) in [5.41, 5.74) is 0. The fourth-order valence-corrected chi connectivity index (χ4v) is 1.30. The quantitative estimate of drug-likeness (QED) is 0.488. The Morgan fingerprint density at radius 3 is 1.82 bits per heavy atom. The molecule has 0 saturated heterocycles. The minimum atomic E-state index is -4.64. The Hall–Kier alpha value is 0.0700. The predicted molar refractivity (Wildman–Crippen MR) is 70.8 cm³/mol. The van der Waals surface area contributed by atoms with Gasteiger partial charge in [-0.25, -0.2) is 4.57 Å². The van der Waals surface area contributed by atoms with Gasteiger partial charge in [-0.3, -0.25) is 0 Å². The van der Waals surface area contributed by atoms with E-state index < -0.39 is 7.82 Å². The third-order valence-corrected chi connectivity index (χ3v) is 2.61. The smallest absolute Gasteiger partial charge is 0.307 e. The molecule has 0 aliphatic carbocycles. The first kappa shape index (κ1) is 19.4. The van der Waals surface area contributed by atoms with Crippen LogP contribution in [-0.2, 0) is 4.57 Å². The summed E-state index contributed by atoms with van der Waals surface area (Å²) in [6, 6.07) is 0.756. The van der Waals surface area contributed by atoms with E-state index in [1.807, 2.05) is 0 Å². The molecule has 1 unspecified atom stereocenters. The summed E-state index contributed by atoms with van der Waals surface area (Å²) in [6.07, 6.45) is 8.37. The van der Waals surface area contributed by atoms with E-state index in [-0.39, 0.29) is 0 Å². The molecule has 0 aromatic rings. The van der Waals surface area contributed by atoms with Crippen molar-refractivity contribution in [3.63, 3.8) is 0 Å². The van der Waals surface area contributed by atoms with Gasteiger partial charge in [-0.2, -0.15) is 0 Å². The SMILES string of the molecule is CCCCCCCC(C)N(C)C.O=P(O)(O)O. The maximum absolute atomic E-state index is 8.88. The lowest BCUT2D eigenvalue weighted by Gasteiger charge is -2.19. The highest BCUT2D eigenvalue weighted by Crippen LogP contribution is 2.25. The lowest BCUT2D eigenvalue weighted by molar-refractivity contribution is 0.275. The molecule has 5 nitrogen and oxygen atoms in total. The Balaban J connectivity index is 0. The molecule has 106 valence electrons. The molecule has 0 fully saturated rings. The summed E-state index contributed by atoms with van der Waals surface area (Å²) in [4.78, 5) is 23.9. The largest absolute Gasteiger partial charge is 0.466 e. The second-order valence-corrected chi connectivity index (χ2v) is 5.56. The van der Waals surface area contributed by atoms with Crippen LogP contribution in [0, 0.1) is 0 Å². The van der Waals surface area contributed by atoms with Gasteiger partial charge in [-0.05, 0) is 27.4 Å². The van der Waals surface area contributed by atoms with Gasteiger partial charge in [-0.15, -0.1) is 0 Å². The predicted octanol–water partition coefficient (Wildman–Crippen LogP) is 2.37. The van der Waals surface area contributed by atoms with Crippen LogP contribution in [0.2, 0.25) is 0 Å². The van der Waals surface area contributed by atoms with Crippen LogP contribution in [0.4, 0.5) is 0 Å². The molecular formula is C11H28NO4P. The fraction of sp³-hybridized carbons (Fsp3) is 1.00. The van der Waals surface area contributed by atoms with E-state index in [0.29, 0.717) is 0 Å². The van der Waals surface area contributed by atoms with Crippen LogP contribution in [0.1, 0.15) is 52.4 Å². The van der Waals surface area contributed by atoms with Crippen molar-refractivity contribution in [3.05, 3.63) is 0 Å². The second kappa shape index (κ2) is 11.2. The van der Waals surface area contributed by atoms with Crippen LogP contribution in [0.5, 0.6) is 0 Å². The number of nitrogens with zero attached hydrogens (tertiary/aromatic N) is 1. The Morgan fingerprint density at radius 1 is 1.06 bits per heavy atom. The van der Waals surface area contributed by atoms with Crippen LogP contribution in [0.15, 0.2) is 0 Å². The molecule has 0 aromatic carbocycles. The average Bonchev–Trinajstić information content (AvgIpc) is 2.14. The maximum Gasteiger partial charge on any atom is 0.466 e. The van der Waals surface area contributed by atoms with Gasteiger partial charge in [0, 0.05) is 6.04 Å². The normalized spacial score (nSPS) is 13.2. The molecule has 0 amide bonds. The molecular weight excluding hydrogens is 241 g/mol. The first-order valence-corrected chi connectivity index (χ1v) is 7.69. The van der Waals surface area contributed by atoms with Gasteiger partial charge in [0.05, 0.1) is 0 Å². The molecule has 6 heteroatoms. The molecule has 0 bridgehead atoms. The van der Waals surface area contributed by atoms with Gasteiger partial charge in [-0.1, -0.05) is 39.0 Å². The third-order valence-electron chi connectivity index (χ3n) is 2.61. The monoisotopic (exact) mass is 269 g/mol. The van der Waals surface area contributed by atoms with E-state index in [1.165, 1.54) is 38.5 Å². The number of hydrogen-bond donors (Lipinski definition) is 3. The topological polar surface area (TPSA) is 81.0 Å². The summed E-state index contributed by atoms with van der Waals surface area (Å²) in [5.74, 6) is 0. The summed E-state index contributed by atoms with van der Waals surface area (Å²) < 4.78 is 8.88. The highest BCUT2D eigenvalue weighted by molar-refractivity contribution is 7.45. The first-order chi connectivity index (χ1) is 7.68. The average molecular weight is 269 g/mol.